The number of rotatable bonds is 16. The van der Waals surface area contributed by atoms with E-state index in [2.05, 4.69) is 30.9 Å². The van der Waals surface area contributed by atoms with Gasteiger partial charge in [-0.05, 0) is 25.2 Å². The van der Waals surface area contributed by atoms with Gasteiger partial charge in [-0.3, -0.25) is 19.4 Å². The molecule has 0 aliphatic heterocycles. The first-order valence-electron chi connectivity index (χ1n) is 11.5. The molecule has 36 heavy (non-hydrogen) atoms. The summed E-state index contributed by atoms with van der Waals surface area (Å²) in [6.07, 6.45) is 3.67. The van der Waals surface area contributed by atoms with Crippen LogP contribution in [0.4, 0.5) is 0 Å². The zero-order valence-corrected chi connectivity index (χ0v) is 20.4. The quantitative estimate of drug-likeness (QED) is 0.0613. The minimum Gasteiger partial charge on any atom is -0.480 e. The van der Waals surface area contributed by atoms with E-state index in [1.54, 1.807) is 0 Å². The minimum absolute atomic E-state index is 0.00658. The number of nitrogens with zero attached hydrogens (tertiary/aromatic N) is 2. The van der Waals surface area contributed by atoms with Crippen molar-refractivity contribution in [3.8, 4) is 0 Å². The molecule has 3 amide bonds. The number of nitrogens with one attached hydrogen (secondary N) is 4. The van der Waals surface area contributed by atoms with Crippen molar-refractivity contribution < 1.29 is 29.4 Å². The Morgan fingerprint density at radius 3 is 2.19 bits per heavy atom. The zero-order valence-electron chi connectivity index (χ0n) is 20.4. The first-order chi connectivity index (χ1) is 16.9. The van der Waals surface area contributed by atoms with Crippen molar-refractivity contribution in [2.24, 2.45) is 28.1 Å². The molecule has 0 saturated heterocycles. The third-order valence-electron chi connectivity index (χ3n) is 5.05. The fourth-order valence-corrected chi connectivity index (χ4v) is 3.21. The number of aliphatic carboxylic acids is 1. The van der Waals surface area contributed by atoms with E-state index in [1.165, 1.54) is 12.5 Å². The zero-order chi connectivity index (χ0) is 27.3. The van der Waals surface area contributed by atoms with Crippen LogP contribution >= 0.6 is 0 Å². The molecule has 12 N–H and O–H groups in total. The second-order valence-corrected chi connectivity index (χ2v) is 8.67. The number of carbonyl (C=O) groups excluding carboxylic acids is 3. The van der Waals surface area contributed by atoms with E-state index in [0.717, 1.165) is 0 Å². The molecule has 15 nitrogen and oxygen atoms in total. The third kappa shape index (κ3) is 11.1. The van der Waals surface area contributed by atoms with Gasteiger partial charge >= 0.3 is 5.97 Å². The lowest BCUT2D eigenvalue weighted by molar-refractivity contribution is -0.142. The number of aliphatic hydroxyl groups is 1. The number of hydrogen-bond acceptors (Lipinski definition) is 8. The Balaban J connectivity index is 2.78. The number of H-pyrrole nitrogens is 1. The SMILES string of the molecule is CC(C)CC(NC(=O)C(N)Cc1cnc[nH]1)C(=O)NC(CO)C(=O)NC(CCCN=C(N)N)C(=O)O. The van der Waals surface area contributed by atoms with Crippen molar-refractivity contribution in [3.63, 3.8) is 0 Å². The Morgan fingerprint density at radius 1 is 1.06 bits per heavy atom. The maximum Gasteiger partial charge on any atom is 0.326 e. The summed E-state index contributed by atoms with van der Waals surface area (Å²) in [6.45, 7) is 3.06. The summed E-state index contributed by atoms with van der Waals surface area (Å²) in [6, 6.07) is -4.73. The highest BCUT2D eigenvalue weighted by molar-refractivity contribution is 5.94. The molecule has 0 spiro atoms. The predicted octanol–water partition coefficient (Wildman–Crippen LogP) is -3.09. The summed E-state index contributed by atoms with van der Waals surface area (Å²) in [4.78, 5) is 60.0. The number of guanidine groups is 1. The van der Waals surface area contributed by atoms with Crippen LogP contribution in [0.3, 0.4) is 0 Å². The number of carboxylic acids is 1. The number of amides is 3. The maximum absolute atomic E-state index is 12.9. The van der Waals surface area contributed by atoms with E-state index < -0.39 is 54.5 Å². The summed E-state index contributed by atoms with van der Waals surface area (Å²) < 4.78 is 0. The van der Waals surface area contributed by atoms with Gasteiger partial charge in [-0.15, -0.1) is 0 Å². The van der Waals surface area contributed by atoms with E-state index in [0.29, 0.717) is 5.69 Å². The van der Waals surface area contributed by atoms with Crippen LogP contribution in [0.15, 0.2) is 17.5 Å². The molecule has 0 radical (unpaired) electrons. The van der Waals surface area contributed by atoms with Gasteiger partial charge in [0, 0.05) is 24.9 Å². The van der Waals surface area contributed by atoms with Gasteiger partial charge in [0.15, 0.2) is 5.96 Å². The van der Waals surface area contributed by atoms with Crippen LogP contribution in [0.2, 0.25) is 0 Å². The summed E-state index contributed by atoms with van der Waals surface area (Å²) in [7, 11) is 0. The lowest BCUT2D eigenvalue weighted by Crippen LogP contribution is -2.58. The van der Waals surface area contributed by atoms with E-state index in [4.69, 9.17) is 17.2 Å². The first kappa shape index (κ1) is 30.3. The van der Waals surface area contributed by atoms with Gasteiger partial charge in [-0.2, -0.15) is 0 Å². The number of aliphatic hydroxyl groups excluding tert-OH is 1. The lowest BCUT2D eigenvalue weighted by atomic mass is 10.0. The highest BCUT2D eigenvalue weighted by atomic mass is 16.4. The Morgan fingerprint density at radius 2 is 1.67 bits per heavy atom. The number of aliphatic imine (C=N–C) groups is 1. The topological polar surface area (TPSA) is 264 Å². The molecule has 4 unspecified atom stereocenters. The van der Waals surface area contributed by atoms with E-state index in [1.807, 2.05) is 13.8 Å². The molecule has 1 heterocycles. The van der Waals surface area contributed by atoms with Crippen molar-refractivity contribution in [3.05, 3.63) is 18.2 Å². The number of aromatic amines is 1. The summed E-state index contributed by atoms with van der Waals surface area (Å²) >= 11 is 0. The maximum atomic E-state index is 12.9. The molecule has 1 aromatic rings. The Hall–Kier alpha value is -3.72. The van der Waals surface area contributed by atoms with Gasteiger partial charge in [0.05, 0.1) is 19.0 Å². The molecule has 1 aromatic heterocycles. The molecule has 0 bridgehead atoms. The number of imidazole rings is 1. The predicted molar refractivity (Wildman–Crippen MR) is 130 cm³/mol. The second-order valence-electron chi connectivity index (χ2n) is 8.67. The number of hydrogen-bond donors (Lipinski definition) is 9. The number of nitrogens with two attached hydrogens (primary N) is 3. The van der Waals surface area contributed by atoms with E-state index >= 15 is 0 Å². The van der Waals surface area contributed by atoms with Crippen LogP contribution in [-0.2, 0) is 25.6 Å². The van der Waals surface area contributed by atoms with E-state index in [9.17, 15) is 29.4 Å². The van der Waals surface area contributed by atoms with E-state index in [-0.39, 0.29) is 44.1 Å². The number of carbonyl (C=O) groups is 4. The highest BCUT2D eigenvalue weighted by Crippen LogP contribution is 2.07. The molecule has 1 rings (SSSR count). The average Bonchev–Trinajstić information content (AvgIpc) is 3.30. The standard InChI is InChI=1S/C21H37N9O6/c1-11(2)6-15(29-17(32)13(22)7-12-8-25-10-27-12)18(33)30-16(9-31)19(34)28-14(20(35)36)4-3-5-26-21(23)24/h8,10-11,13-16,31H,3-7,9,22H2,1-2H3,(H,25,27)(H,28,34)(H,29,32)(H,30,33)(H,35,36)(H4,23,24,26). The molecule has 0 aromatic carbocycles. The van der Waals surface area contributed by atoms with Crippen molar-refractivity contribution in [2.75, 3.05) is 13.2 Å². The largest absolute Gasteiger partial charge is 0.480 e. The number of carboxylic acid groups (broad SMARTS) is 1. The van der Waals surface area contributed by atoms with Crippen LogP contribution in [0.5, 0.6) is 0 Å². The van der Waals surface area contributed by atoms with Crippen molar-refractivity contribution >= 4 is 29.7 Å². The molecule has 0 aliphatic rings. The monoisotopic (exact) mass is 511 g/mol. The van der Waals surface area contributed by atoms with Gasteiger partial charge in [-0.1, -0.05) is 13.8 Å². The summed E-state index contributed by atoms with van der Waals surface area (Å²) in [5.41, 5.74) is 17.0. The minimum atomic E-state index is -1.44. The first-order valence-corrected chi connectivity index (χ1v) is 11.5. The smallest absolute Gasteiger partial charge is 0.326 e. The van der Waals surface area contributed by atoms with Crippen LogP contribution in [0, 0.1) is 5.92 Å². The van der Waals surface area contributed by atoms with Crippen molar-refractivity contribution in [2.45, 2.75) is 63.7 Å². The Bertz CT molecular complexity index is 886. The van der Waals surface area contributed by atoms with Crippen LogP contribution < -0.4 is 33.2 Å². The molecular weight excluding hydrogens is 474 g/mol. The number of aromatic nitrogens is 2. The highest BCUT2D eigenvalue weighted by Gasteiger charge is 2.30. The third-order valence-corrected chi connectivity index (χ3v) is 5.05. The summed E-state index contributed by atoms with van der Waals surface area (Å²) in [5.74, 6) is -3.65. The molecule has 15 heteroatoms. The lowest BCUT2D eigenvalue weighted by Gasteiger charge is -2.25. The fraction of sp³-hybridized carbons (Fsp3) is 0.619. The molecule has 0 saturated carbocycles. The normalized spacial score (nSPS) is 14.2. The average molecular weight is 512 g/mol. The van der Waals surface area contributed by atoms with Crippen LogP contribution in [0.1, 0.15) is 38.8 Å². The Kier molecular flexibility index (Phi) is 12.9. The molecule has 202 valence electrons. The summed E-state index contributed by atoms with van der Waals surface area (Å²) in [5, 5.41) is 26.3. The molecule has 4 atom stereocenters. The van der Waals surface area contributed by atoms with Crippen molar-refractivity contribution in [1.82, 2.24) is 25.9 Å². The van der Waals surface area contributed by atoms with Crippen LogP contribution in [0.25, 0.3) is 0 Å². The van der Waals surface area contributed by atoms with Gasteiger partial charge in [0.25, 0.3) is 0 Å². The Labute approximate surface area is 208 Å². The van der Waals surface area contributed by atoms with Gasteiger partial charge in [0.2, 0.25) is 17.7 Å². The second kappa shape index (κ2) is 15.3. The van der Waals surface area contributed by atoms with Crippen molar-refractivity contribution in [1.29, 1.82) is 0 Å². The van der Waals surface area contributed by atoms with Crippen LogP contribution in [-0.4, -0.2) is 87.2 Å². The van der Waals surface area contributed by atoms with Gasteiger partial charge in [0.1, 0.15) is 18.1 Å². The fourth-order valence-electron chi connectivity index (χ4n) is 3.21. The van der Waals surface area contributed by atoms with Gasteiger partial charge < -0.3 is 48.3 Å². The molecular formula is C21H37N9O6. The molecule has 0 aliphatic carbocycles. The molecule has 0 fully saturated rings. The van der Waals surface area contributed by atoms with Gasteiger partial charge in [-0.25, -0.2) is 9.78 Å².